The summed E-state index contributed by atoms with van der Waals surface area (Å²) in [5.41, 5.74) is 1.35. The summed E-state index contributed by atoms with van der Waals surface area (Å²) in [4.78, 5) is 16.8. The number of nitrogens with one attached hydrogen (secondary N) is 2. The van der Waals surface area contributed by atoms with Gasteiger partial charge >= 0.3 is 6.18 Å². The molecule has 1 aliphatic heterocycles. The lowest BCUT2D eigenvalue weighted by Crippen LogP contribution is -2.36. The third kappa shape index (κ3) is 4.57. The van der Waals surface area contributed by atoms with Crippen LogP contribution in [-0.4, -0.2) is 41.1 Å². The maximum absolute atomic E-state index is 13.9. The van der Waals surface area contributed by atoms with Gasteiger partial charge in [0.15, 0.2) is 17.5 Å². The first-order chi connectivity index (χ1) is 15.8. The Morgan fingerprint density at radius 2 is 2.00 bits per heavy atom. The van der Waals surface area contributed by atoms with Crippen molar-refractivity contribution in [3.63, 3.8) is 0 Å². The first-order valence-corrected chi connectivity index (χ1v) is 10.1. The lowest BCUT2D eigenvalue weighted by atomic mass is 9.96. The van der Waals surface area contributed by atoms with E-state index in [1.54, 1.807) is 42.7 Å². The van der Waals surface area contributed by atoms with Gasteiger partial charge in [-0.05, 0) is 29.3 Å². The number of aromatic nitrogens is 3. The number of carbonyl (C=O) groups is 1. The van der Waals surface area contributed by atoms with E-state index in [0.717, 1.165) is 16.4 Å². The molecule has 0 saturated heterocycles. The molecule has 0 spiro atoms. The van der Waals surface area contributed by atoms with Crippen LogP contribution in [0.1, 0.15) is 40.0 Å². The average molecular weight is 461 g/mol. The number of amides is 1. The van der Waals surface area contributed by atoms with E-state index in [1.807, 2.05) is 0 Å². The zero-order chi connectivity index (χ0) is 23.6. The van der Waals surface area contributed by atoms with Gasteiger partial charge in [0.1, 0.15) is 11.4 Å². The number of methoxy groups -OCH3 is 2. The molecule has 4 rings (SSSR count). The van der Waals surface area contributed by atoms with Crippen molar-refractivity contribution in [1.29, 1.82) is 0 Å². The Balaban J connectivity index is 1.64. The van der Waals surface area contributed by atoms with Crippen molar-refractivity contribution in [3.8, 4) is 11.5 Å². The molecular weight excluding hydrogens is 439 g/mol. The maximum Gasteiger partial charge on any atom is 0.410 e. The predicted molar refractivity (Wildman–Crippen MR) is 113 cm³/mol. The number of halogens is 3. The van der Waals surface area contributed by atoms with Gasteiger partial charge in [-0.15, -0.1) is 0 Å². The molecule has 33 heavy (non-hydrogen) atoms. The molecule has 3 heterocycles. The van der Waals surface area contributed by atoms with Crippen LogP contribution in [0.3, 0.4) is 0 Å². The number of pyridine rings is 1. The van der Waals surface area contributed by atoms with Crippen LogP contribution in [0.2, 0.25) is 0 Å². The number of hydrogen-bond donors (Lipinski definition) is 2. The van der Waals surface area contributed by atoms with Crippen molar-refractivity contribution < 1.29 is 27.4 Å². The van der Waals surface area contributed by atoms with Crippen LogP contribution >= 0.6 is 0 Å². The van der Waals surface area contributed by atoms with Crippen LogP contribution in [-0.2, 0) is 6.54 Å². The molecule has 0 radical (unpaired) electrons. The molecule has 8 nitrogen and oxygen atoms in total. The van der Waals surface area contributed by atoms with Gasteiger partial charge < -0.3 is 20.1 Å². The molecule has 0 aliphatic carbocycles. The smallest absolute Gasteiger partial charge is 0.410 e. The molecule has 2 atom stereocenters. The molecular formula is C22H22F3N5O3. The average Bonchev–Trinajstić information content (AvgIpc) is 3.25. The van der Waals surface area contributed by atoms with E-state index in [4.69, 9.17) is 9.47 Å². The van der Waals surface area contributed by atoms with Crippen molar-refractivity contribution in [2.45, 2.75) is 31.2 Å². The fourth-order valence-electron chi connectivity index (χ4n) is 3.80. The van der Waals surface area contributed by atoms with Crippen LogP contribution in [0.5, 0.6) is 11.5 Å². The number of fused-ring (bicyclic) bond motifs is 1. The molecule has 2 aromatic heterocycles. The van der Waals surface area contributed by atoms with E-state index in [2.05, 4.69) is 20.7 Å². The second kappa shape index (κ2) is 9.00. The fourth-order valence-corrected chi connectivity index (χ4v) is 3.80. The summed E-state index contributed by atoms with van der Waals surface area (Å²) in [5, 5.41) is 9.65. The van der Waals surface area contributed by atoms with Gasteiger partial charge in [-0.2, -0.15) is 18.3 Å². The van der Waals surface area contributed by atoms with E-state index in [-0.39, 0.29) is 24.3 Å². The highest BCUT2D eigenvalue weighted by molar-refractivity contribution is 5.98. The van der Waals surface area contributed by atoms with Crippen LogP contribution in [0.15, 0.2) is 48.9 Å². The molecule has 1 aliphatic rings. The topological polar surface area (TPSA) is 90.3 Å². The van der Waals surface area contributed by atoms with Crippen molar-refractivity contribution in [3.05, 3.63) is 65.6 Å². The van der Waals surface area contributed by atoms with Crippen LogP contribution < -0.4 is 20.1 Å². The largest absolute Gasteiger partial charge is 0.493 e. The van der Waals surface area contributed by atoms with Gasteiger partial charge in [-0.1, -0.05) is 12.1 Å². The maximum atomic E-state index is 13.9. The summed E-state index contributed by atoms with van der Waals surface area (Å²) >= 11 is 0. The van der Waals surface area contributed by atoms with Crippen molar-refractivity contribution in [2.75, 3.05) is 19.5 Å². The first kappa shape index (κ1) is 22.4. The monoisotopic (exact) mass is 461 g/mol. The molecule has 174 valence electrons. The van der Waals surface area contributed by atoms with E-state index < -0.39 is 24.2 Å². The SMILES string of the molecule is COc1ccc([C@@H]2C[C@H](C(F)(F)F)n3ncc(C(=O)NCc4cccnc4)c3N2)cc1OC. The van der Waals surface area contributed by atoms with Gasteiger partial charge in [0, 0.05) is 25.4 Å². The van der Waals surface area contributed by atoms with E-state index >= 15 is 0 Å². The third-order valence-electron chi connectivity index (χ3n) is 5.47. The molecule has 2 N–H and O–H groups in total. The molecule has 0 unspecified atom stereocenters. The normalized spacial score (nSPS) is 17.6. The number of alkyl halides is 3. The molecule has 0 bridgehead atoms. The quantitative estimate of drug-likeness (QED) is 0.579. The Morgan fingerprint density at radius 3 is 2.67 bits per heavy atom. The number of carbonyl (C=O) groups excluding carboxylic acids is 1. The van der Waals surface area contributed by atoms with Gasteiger partial charge in [-0.3, -0.25) is 9.78 Å². The molecule has 1 aromatic carbocycles. The highest BCUT2D eigenvalue weighted by atomic mass is 19.4. The van der Waals surface area contributed by atoms with Gasteiger partial charge in [0.2, 0.25) is 0 Å². The molecule has 0 saturated carbocycles. The summed E-state index contributed by atoms with van der Waals surface area (Å²) < 4.78 is 53.1. The van der Waals surface area contributed by atoms with E-state index in [1.165, 1.54) is 14.2 Å². The zero-order valence-corrected chi connectivity index (χ0v) is 17.9. The van der Waals surface area contributed by atoms with Gasteiger partial charge in [0.05, 0.1) is 26.5 Å². The van der Waals surface area contributed by atoms with Crippen LogP contribution in [0.4, 0.5) is 19.0 Å². The Bertz CT molecular complexity index is 1130. The lowest BCUT2D eigenvalue weighted by molar-refractivity contribution is -0.173. The number of benzene rings is 1. The van der Waals surface area contributed by atoms with E-state index in [0.29, 0.717) is 17.1 Å². The third-order valence-corrected chi connectivity index (χ3v) is 5.47. The summed E-state index contributed by atoms with van der Waals surface area (Å²) in [5.74, 6) is 0.326. The van der Waals surface area contributed by atoms with Gasteiger partial charge in [0.25, 0.3) is 5.91 Å². The lowest BCUT2D eigenvalue weighted by Gasteiger charge is -2.34. The van der Waals surface area contributed by atoms with Crippen molar-refractivity contribution >= 4 is 11.7 Å². The summed E-state index contributed by atoms with van der Waals surface area (Å²) in [6.07, 6.45) is -0.504. The van der Waals surface area contributed by atoms with Crippen molar-refractivity contribution in [1.82, 2.24) is 20.1 Å². The summed E-state index contributed by atoms with van der Waals surface area (Å²) in [6.45, 7) is 0.180. The van der Waals surface area contributed by atoms with Crippen LogP contribution in [0.25, 0.3) is 0 Å². The minimum Gasteiger partial charge on any atom is -0.493 e. The second-order valence-corrected chi connectivity index (χ2v) is 7.50. The highest BCUT2D eigenvalue weighted by Gasteiger charge is 2.47. The second-order valence-electron chi connectivity index (χ2n) is 7.50. The molecule has 0 fully saturated rings. The molecule has 1 amide bonds. The number of rotatable bonds is 6. The van der Waals surface area contributed by atoms with E-state index in [9.17, 15) is 18.0 Å². The highest BCUT2D eigenvalue weighted by Crippen LogP contribution is 2.45. The standard InChI is InChI=1S/C22H22F3N5O3/c1-32-17-6-5-14(8-18(17)33-2)16-9-19(22(23,24)25)30-20(29-16)15(12-28-30)21(31)27-11-13-4-3-7-26-10-13/h3-8,10,12,16,19,29H,9,11H2,1-2H3,(H,27,31)/t16-,19+/m0/s1. The number of ether oxygens (including phenoxy) is 2. The minimum atomic E-state index is -4.55. The predicted octanol–water partition coefficient (Wildman–Crippen LogP) is 3.89. The number of hydrogen-bond acceptors (Lipinski definition) is 6. The Morgan fingerprint density at radius 1 is 1.21 bits per heavy atom. The Labute approximate surface area is 187 Å². The Kier molecular flexibility index (Phi) is 6.12. The van der Waals surface area contributed by atoms with Crippen molar-refractivity contribution in [2.24, 2.45) is 0 Å². The fraction of sp³-hybridized carbons (Fsp3) is 0.318. The summed E-state index contributed by atoms with van der Waals surface area (Å²) in [6, 6.07) is 5.81. The Hall–Kier alpha value is -3.76. The molecule has 3 aromatic rings. The van der Waals surface area contributed by atoms with Crippen LogP contribution in [0, 0.1) is 0 Å². The van der Waals surface area contributed by atoms with Gasteiger partial charge in [-0.25, -0.2) is 4.68 Å². The summed E-state index contributed by atoms with van der Waals surface area (Å²) in [7, 11) is 2.93. The number of nitrogens with zero attached hydrogens (tertiary/aromatic N) is 3. The number of anilines is 1. The first-order valence-electron chi connectivity index (χ1n) is 10.1. The zero-order valence-electron chi connectivity index (χ0n) is 17.9. The molecule has 11 heteroatoms. The minimum absolute atomic E-state index is 0.00652.